The van der Waals surface area contributed by atoms with Gasteiger partial charge in [0.05, 0.1) is 7.11 Å². The Morgan fingerprint density at radius 1 is 1.15 bits per heavy atom. The van der Waals surface area contributed by atoms with Crippen molar-refractivity contribution in [3.05, 3.63) is 52.8 Å². The molecule has 1 aromatic heterocycles. The highest BCUT2D eigenvalue weighted by molar-refractivity contribution is 6.07. The standard InChI is InChI=1S/C21H18O6/c1-11-7-14-15(3-4-16(24-2)19(14)27-11)21(23)6-5-12-8-17-18(26-10-25-17)9-13(12)20(21)22/h3-4,7-9,23H,5-6,10H2,1-2H3. The lowest BCUT2D eigenvalue weighted by molar-refractivity contribution is 0.0230. The summed E-state index contributed by atoms with van der Waals surface area (Å²) in [5.41, 5.74) is 0.759. The molecule has 2 aliphatic rings. The predicted octanol–water partition coefficient (Wildman–Crippen LogP) is 3.50. The van der Waals surface area contributed by atoms with E-state index in [1.54, 1.807) is 25.3 Å². The van der Waals surface area contributed by atoms with Gasteiger partial charge in [-0.2, -0.15) is 0 Å². The van der Waals surface area contributed by atoms with Crippen molar-refractivity contribution in [2.45, 2.75) is 25.4 Å². The fourth-order valence-electron chi connectivity index (χ4n) is 4.05. The molecular formula is C21H18O6. The lowest BCUT2D eigenvalue weighted by atomic mass is 9.74. The van der Waals surface area contributed by atoms with Crippen LogP contribution in [-0.4, -0.2) is 24.8 Å². The molecule has 1 aliphatic heterocycles. The number of ether oxygens (including phenoxy) is 3. The van der Waals surface area contributed by atoms with Crippen LogP contribution in [0.2, 0.25) is 0 Å². The number of Topliss-reactive ketones (excluding diaryl/α,β-unsaturated/α-hetero) is 1. The van der Waals surface area contributed by atoms with E-state index < -0.39 is 5.60 Å². The molecule has 0 bridgehead atoms. The second-order valence-electron chi connectivity index (χ2n) is 6.97. The molecule has 0 fully saturated rings. The van der Waals surface area contributed by atoms with Gasteiger partial charge in [-0.3, -0.25) is 4.79 Å². The molecule has 2 heterocycles. The van der Waals surface area contributed by atoms with E-state index in [0.717, 1.165) is 5.56 Å². The molecule has 0 spiro atoms. The van der Waals surface area contributed by atoms with Crippen LogP contribution < -0.4 is 14.2 Å². The first-order valence-electron chi connectivity index (χ1n) is 8.78. The van der Waals surface area contributed by atoms with E-state index in [4.69, 9.17) is 18.6 Å². The van der Waals surface area contributed by atoms with Crippen molar-refractivity contribution >= 4 is 16.8 Å². The van der Waals surface area contributed by atoms with Crippen LogP contribution >= 0.6 is 0 Å². The van der Waals surface area contributed by atoms with Crippen molar-refractivity contribution in [3.63, 3.8) is 0 Å². The van der Waals surface area contributed by atoms with Crippen LogP contribution in [0.15, 0.2) is 34.7 Å². The van der Waals surface area contributed by atoms with Gasteiger partial charge in [-0.1, -0.05) is 6.07 Å². The van der Waals surface area contributed by atoms with Crippen LogP contribution in [0.5, 0.6) is 17.2 Å². The number of benzene rings is 2. The maximum atomic E-state index is 13.3. The van der Waals surface area contributed by atoms with Gasteiger partial charge in [-0.05, 0) is 49.6 Å². The van der Waals surface area contributed by atoms with Crippen molar-refractivity contribution in [3.8, 4) is 17.2 Å². The molecule has 6 nitrogen and oxygen atoms in total. The molecule has 0 amide bonds. The SMILES string of the molecule is COc1ccc(C2(O)CCc3cc4c(cc3C2=O)OCO4)c2cc(C)oc12. The highest BCUT2D eigenvalue weighted by Crippen LogP contribution is 2.45. The monoisotopic (exact) mass is 366 g/mol. The van der Waals surface area contributed by atoms with Crippen molar-refractivity contribution < 1.29 is 28.5 Å². The molecular weight excluding hydrogens is 348 g/mol. The second-order valence-corrected chi connectivity index (χ2v) is 6.97. The quantitative estimate of drug-likeness (QED) is 0.748. The lowest BCUT2D eigenvalue weighted by Gasteiger charge is -2.33. The zero-order valence-corrected chi connectivity index (χ0v) is 15.0. The Labute approximate surface area is 155 Å². The highest BCUT2D eigenvalue weighted by Gasteiger charge is 2.44. The Bertz CT molecular complexity index is 1100. The first-order chi connectivity index (χ1) is 13.0. The van der Waals surface area contributed by atoms with Gasteiger partial charge in [-0.25, -0.2) is 0 Å². The van der Waals surface area contributed by atoms with E-state index in [-0.39, 0.29) is 19.0 Å². The van der Waals surface area contributed by atoms with Gasteiger partial charge in [0.1, 0.15) is 5.76 Å². The Kier molecular flexibility index (Phi) is 3.30. The van der Waals surface area contributed by atoms with Gasteiger partial charge in [0, 0.05) is 16.5 Å². The van der Waals surface area contributed by atoms with Crippen LogP contribution in [0, 0.1) is 6.92 Å². The molecule has 138 valence electrons. The maximum absolute atomic E-state index is 13.3. The summed E-state index contributed by atoms with van der Waals surface area (Å²) in [6, 6.07) is 8.80. The summed E-state index contributed by atoms with van der Waals surface area (Å²) in [5, 5.41) is 12.2. The molecule has 1 atom stereocenters. The maximum Gasteiger partial charge on any atom is 0.231 e. The molecule has 0 radical (unpaired) electrons. The van der Waals surface area contributed by atoms with Crippen molar-refractivity contribution in [1.82, 2.24) is 0 Å². The van der Waals surface area contributed by atoms with Crippen LogP contribution in [0.25, 0.3) is 11.0 Å². The summed E-state index contributed by atoms with van der Waals surface area (Å²) in [6.07, 6.45) is 0.836. The number of ketones is 1. The number of hydrogen-bond acceptors (Lipinski definition) is 6. The average Bonchev–Trinajstić information content (AvgIpc) is 3.28. The second kappa shape index (κ2) is 5.50. The number of carbonyl (C=O) groups is 1. The smallest absolute Gasteiger partial charge is 0.231 e. The first kappa shape index (κ1) is 16.2. The molecule has 0 saturated heterocycles. The van der Waals surface area contributed by atoms with E-state index in [9.17, 15) is 9.90 Å². The number of hydrogen-bond donors (Lipinski definition) is 1. The van der Waals surface area contributed by atoms with Gasteiger partial charge in [0.25, 0.3) is 0 Å². The topological polar surface area (TPSA) is 78.1 Å². The summed E-state index contributed by atoms with van der Waals surface area (Å²) in [5.74, 6) is 2.09. The van der Waals surface area contributed by atoms with E-state index >= 15 is 0 Å². The minimum absolute atomic E-state index is 0.143. The molecule has 1 aliphatic carbocycles. The minimum atomic E-state index is -1.64. The predicted molar refractivity (Wildman–Crippen MR) is 96.6 cm³/mol. The fraction of sp³-hybridized carbons (Fsp3) is 0.286. The lowest BCUT2D eigenvalue weighted by Crippen LogP contribution is -2.40. The third-order valence-electron chi connectivity index (χ3n) is 5.41. The molecule has 1 unspecified atom stereocenters. The summed E-state index contributed by atoms with van der Waals surface area (Å²) >= 11 is 0. The number of fused-ring (bicyclic) bond motifs is 3. The van der Waals surface area contributed by atoms with E-state index in [1.807, 2.05) is 19.1 Å². The van der Waals surface area contributed by atoms with Gasteiger partial charge < -0.3 is 23.7 Å². The molecule has 27 heavy (non-hydrogen) atoms. The number of rotatable bonds is 2. The van der Waals surface area contributed by atoms with Crippen molar-refractivity contribution in [2.75, 3.05) is 13.9 Å². The van der Waals surface area contributed by atoms with Crippen LogP contribution in [0.1, 0.15) is 33.7 Å². The molecule has 3 aromatic rings. The number of aryl methyl sites for hydroxylation is 2. The molecule has 1 N–H and O–H groups in total. The number of methoxy groups -OCH3 is 1. The van der Waals surface area contributed by atoms with Gasteiger partial charge in [0.15, 0.2) is 34.2 Å². The van der Waals surface area contributed by atoms with Gasteiger partial charge in [0.2, 0.25) is 6.79 Å². The van der Waals surface area contributed by atoms with Gasteiger partial charge in [-0.15, -0.1) is 0 Å². The first-order valence-corrected chi connectivity index (χ1v) is 8.78. The Morgan fingerprint density at radius 2 is 1.93 bits per heavy atom. The molecule has 5 rings (SSSR count). The molecule has 0 saturated carbocycles. The minimum Gasteiger partial charge on any atom is -0.493 e. The van der Waals surface area contributed by atoms with Crippen LogP contribution in [0.3, 0.4) is 0 Å². The third kappa shape index (κ3) is 2.20. The summed E-state index contributed by atoms with van der Waals surface area (Å²) in [4.78, 5) is 13.3. The number of aliphatic hydroxyl groups is 1. The summed E-state index contributed by atoms with van der Waals surface area (Å²) < 4.78 is 21.9. The Hall–Kier alpha value is -2.99. The van der Waals surface area contributed by atoms with Crippen LogP contribution in [-0.2, 0) is 12.0 Å². The van der Waals surface area contributed by atoms with Crippen LogP contribution in [0.4, 0.5) is 0 Å². The van der Waals surface area contributed by atoms with E-state index in [2.05, 4.69) is 0 Å². The zero-order chi connectivity index (χ0) is 18.8. The highest BCUT2D eigenvalue weighted by atomic mass is 16.7. The van der Waals surface area contributed by atoms with E-state index in [0.29, 0.717) is 51.5 Å². The Morgan fingerprint density at radius 3 is 2.70 bits per heavy atom. The van der Waals surface area contributed by atoms with Crippen molar-refractivity contribution in [1.29, 1.82) is 0 Å². The zero-order valence-electron chi connectivity index (χ0n) is 15.0. The summed E-state index contributed by atoms with van der Waals surface area (Å²) in [7, 11) is 1.56. The Balaban J connectivity index is 1.68. The third-order valence-corrected chi connectivity index (χ3v) is 5.41. The van der Waals surface area contributed by atoms with E-state index in [1.165, 1.54) is 0 Å². The fourth-order valence-corrected chi connectivity index (χ4v) is 4.05. The summed E-state index contributed by atoms with van der Waals surface area (Å²) in [6.45, 7) is 1.97. The van der Waals surface area contributed by atoms with Gasteiger partial charge >= 0.3 is 0 Å². The normalized spacial score (nSPS) is 20.8. The number of carbonyl (C=O) groups excluding carboxylic acids is 1. The molecule has 2 aromatic carbocycles. The molecule has 6 heteroatoms. The average molecular weight is 366 g/mol. The van der Waals surface area contributed by atoms with Crippen molar-refractivity contribution in [2.24, 2.45) is 0 Å². The number of furan rings is 1. The largest absolute Gasteiger partial charge is 0.493 e.